The van der Waals surface area contributed by atoms with Gasteiger partial charge in [0, 0.05) is 5.39 Å². The monoisotopic (exact) mass is 210 g/mol. The highest BCUT2D eigenvalue weighted by Gasteiger charge is 2.16. The molecule has 0 atom stereocenters. The summed E-state index contributed by atoms with van der Waals surface area (Å²) >= 11 is 0. The van der Waals surface area contributed by atoms with Crippen LogP contribution in [0.2, 0.25) is 0 Å². The number of furan rings is 1. The van der Waals surface area contributed by atoms with E-state index in [4.69, 9.17) is 14.3 Å². The molecule has 0 amide bonds. The Morgan fingerprint density at radius 2 is 2.27 bits per heavy atom. The first-order valence-electron chi connectivity index (χ1n) is 4.13. The zero-order valence-corrected chi connectivity index (χ0v) is 7.78. The lowest BCUT2D eigenvalue weighted by atomic mass is 10.2. The SMILES string of the molecule is COc1ccc2cc(C(=O)O)oc2c1F. The highest BCUT2D eigenvalue weighted by atomic mass is 19.1. The van der Waals surface area contributed by atoms with Gasteiger partial charge in [0.15, 0.2) is 11.3 Å². The largest absolute Gasteiger partial charge is 0.494 e. The summed E-state index contributed by atoms with van der Waals surface area (Å²) < 4.78 is 23.1. The van der Waals surface area contributed by atoms with Crippen molar-refractivity contribution < 1.29 is 23.4 Å². The maximum absolute atomic E-state index is 13.5. The molecule has 15 heavy (non-hydrogen) atoms. The molecule has 0 spiro atoms. The molecule has 0 aliphatic heterocycles. The number of aromatic carboxylic acids is 1. The van der Waals surface area contributed by atoms with Crippen molar-refractivity contribution in [1.29, 1.82) is 0 Å². The van der Waals surface area contributed by atoms with E-state index in [1.54, 1.807) is 0 Å². The van der Waals surface area contributed by atoms with Crippen molar-refractivity contribution in [1.82, 2.24) is 0 Å². The van der Waals surface area contributed by atoms with E-state index < -0.39 is 11.8 Å². The molecule has 1 N–H and O–H groups in total. The minimum absolute atomic E-state index is 0.0220. The average molecular weight is 210 g/mol. The topological polar surface area (TPSA) is 59.7 Å². The van der Waals surface area contributed by atoms with Gasteiger partial charge in [0.25, 0.3) is 0 Å². The van der Waals surface area contributed by atoms with Crippen molar-refractivity contribution in [3.63, 3.8) is 0 Å². The number of halogens is 1. The van der Waals surface area contributed by atoms with Crippen molar-refractivity contribution in [2.75, 3.05) is 7.11 Å². The van der Waals surface area contributed by atoms with E-state index in [1.165, 1.54) is 25.3 Å². The normalized spacial score (nSPS) is 10.5. The van der Waals surface area contributed by atoms with E-state index in [2.05, 4.69) is 0 Å². The van der Waals surface area contributed by atoms with Gasteiger partial charge in [-0.05, 0) is 18.2 Å². The second kappa shape index (κ2) is 3.27. The molecule has 0 radical (unpaired) electrons. The minimum Gasteiger partial charge on any atom is -0.494 e. The number of carbonyl (C=O) groups is 1. The fourth-order valence-electron chi connectivity index (χ4n) is 1.31. The first kappa shape index (κ1) is 9.51. The summed E-state index contributed by atoms with van der Waals surface area (Å²) in [5.74, 6) is -2.20. The predicted molar refractivity (Wildman–Crippen MR) is 49.7 cm³/mol. The fraction of sp³-hybridized carbons (Fsp3) is 0.100. The third kappa shape index (κ3) is 1.41. The van der Waals surface area contributed by atoms with Crippen LogP contribution in [0.3, 0.4) is 0 Å². The second-order valence-corrected chi connectivity index (χ2v) is 2.92. The molecule has 0 saturated carbocycles. The first-order chi connectivity index (χ1) is 7.13. The second-order valence-electron chi connectivity index (χ2n) is 2.92. The van der Waals surface area contributed by atoms with Gasteiger partial charge in [0.2, 0.25) is 11.6 Å². The van der Waals surface area contributed by atoms with Crippen LogP contribution in [0.4, 0.5) is 4.39 Å². The number of ether oxygens (including phenoxy) is 1. The number of benzene rings is 1. The van der Waals surface area contributed by atoms with E-state index in [9.17, 15) is 9.18 Å². The predicted octanol–water partition coefficient (Wildman–Crippen LogP) is 2.28. The molecule has 1 aromatic carbocycles. The smallest absolute Gasteiger partial charge is 0.371 e. The molecule has 1 heterocycles. The summed E-state index contributed by atoms with van der Waals surface area (Å²) in [5, 5.41) is 9.05. The van der Waals surface area contributed by atoms with Crippen molar-refractivity contribution >= 4 is 16.9 Å². The molecular weight excluding hydrogens is 203 g/mol. The number of hydrogen-bond donors (Lipinski definition) is 1. The molecule has 0 fully saturated rings. The van der Waals surface area contributed by atoms with Gasteiger partial charge in [0.1, 0.15) is 0 Å². The van der Waals surface area contributed by atoms with Gasteiger partial charge >= 0.3 is 5.97 Å². The number of carboxylic acid groups (broad SMARTS) is 1. The molecule has 0 saturated heterocycles. The van der Waals surface area contributed by atoms with Crippen molar-refractivity contribution in [3.05, 3.63) is 29.8 Å². The number of rotatable bonds is 2. The van der Waals surface area contributed by atoms with Crippen molar-refractivity contribution in [2.24, 2.45) is 0 Å². The molecule has 4 nitrogen and oxygen atoms in total. The maximum Gasteiger partial charge on any atom is 0.371 e. The Balaban J connectivity index is 2.71. The van der Waals surface area contributed by atoms with Gasteiger partial charge in [-0.25, -0.2) is 4.79 Å². The third-order valence-electron chi connectivity index (χ3n) is 2.02. The quantitative estimate of drug-likeness (QED) is 0.825. The van der Waals surface area contributed by atoms with Crippen LogP contribution in [0.1, 0.15) is 10.6 Å². The Bertz CT molecular complexity index is 529. The molecule has 0 aliphatic carbocycles. The molecule has 0 aliphatic rings. The van der Waals surface area contributed by atoms with Crippen molar-refractivity contribution in [2.45, 2.75) is 0 Å². The lowest BCUT2D eigenvalue weighted by molar-refractivity contribution is 0.0664. The first-order valence-corrected chi connectivity index (χ1v) is 4.13. The van der Waals surface area contributed by atoms with E-state index in [-0.39, 0.29) is 17.1 Å². The van der Waals surface area contributed by atoms with Gasteiger partial charge in [-0.3, -0.25) is 0 Å². The summed E-state index contributed by atoms with van der Waals surface area (Å²) in [6.45, 7) is 0. The van der Waals surface area contributed by atoms with Gasteiger partial charge in [-0.15, -0.1) is 0 Å². The highest BCUT2D eigenvalue weighted by Crippen LogP contribution is 2.28. The van der Waals surface area contributed by atoms with Gasteiger partial charge in [-0.2, -0.15) is 4.39 Å². The van der Waals surface area contributed by atoms with Crippen LogP contribution in [0.25, 0.3) is 11.0 Å². The van der Waals surface area contributed by atoms with Crippen LogP contribution in [0.5, 0.6) is 5.75 Å². The maximum atomic E-state index is 13.5. The lowest BCUT2D eigenvalue weighted by Crippen LogP contribution is -1.91. The molecular formula is C10H7FO4. The molecule has 2 rings (SSSR count). The molecule has 1 aromatic heterocycles. The summed E-state index contributed by atoms with van der Waals surface area (Å²) in [6, 6.07) is 4.21. The van der Waals surface area contributed by atoms with Crippen molar-refractivity contribution in [3.8, 4) is 5.75 Å². The summed E-state index contributed by atoms with van der Waals surface area (Å²) in [4.78, 5) is 10.6. The minimum atomic E-state index is -1.23. The Morgan fingerprint density at radius 1 is 1.53 bits per heavy atom. The summed E-state index contributed by atoms with van der Waals surface area (Å²) in [5.41, 5.74) is -0.105. The molecule has 0 bridgehead atoms. The zero-order chi connectivity index (χ0) is 11.0. The van der Waals surface area contributed by atoms with Crippen LogP contribution in [-0.2, 0) is 0 Å². The van der Waals surface area contributed by atoms with E-state index >= 15 is 0 Å². The fourth-order valence-corrected chi connectivity index (χ4v) is 1.31. The Kier molecular flexibility index (Phi) is 2.07. The zero-order valence-electron chi connectivity index (χ0n) is 7.78. The van der Waals surface area contributed by atoms with E-state index in [0.717, 1.165) is 0 Å². The van der Waals surface area contributed by atoms with E-state index in [1.807, 2.05) is 0 Å². The highest BCUT2D eigenvalue weighted by molar-refractivity contribution is 5.91. The summed E-state index contributed by atoms with van der Waals surface area (Å²) in [7, 11) is 1.32. The van der Waals surface area contributed by atoms with Crippen LogP contribution in [0, 0.1) is 5.82 Å². The molecule has 2 aromatic rings. The Morgan fingerprint density at radius 3 is 2.87 bits per heavy atom. The van der Waals surface area contributed by atoms with Crippen LogP contribution in [0.15, 0.2) is 22.6 Å². The Labute approximate surface area is 83.9 Å². The van der Waals surface area contributed by atoms with Crippen LogP contribution < -0.4 is 4.74 Å². The van der Waals surface area contributed by atoms with Crippen LogP contribution in [-0.4, -0.2) is 18.2 Å². The number of methoxy groups -OCH3 is 1. The molecule has 0 unspecified atom stereocenters. The molecule has 78 valence electrons. The van der Waals surface area contributed by atoms with Crippen LogP contribution >= 0.6 is 0 Å². The Hall–Kier alpha value is -2.04. The summed E-state index contributed by atoms with van der Waals surface area (Å²) in [6.07, 6.45) is 0. The van der Waals surface area contributed by atoms with Gasteiger partial charge in [-0.1, -0.05) is 0 Å². The number of hydrogen-bond acceptors (Lipinski definition) is 3. The molecule has 5 heteroatoms. The van der Waals surface area contributed by atoms with Gasteiger partial charge < -0.3 is 14.3 Å². The standard InChI is InChI=1S/C10H7FO4/c1-14-6-3-2-5-4-7(10(12)13)15-9(5)8(6)11/h2-4H,1H3,(H,12,13). The number of carboxylic acids is 1. The number of fused-ring (bicyclic) bond motifs is 1. The van der Waals surface area contributed by atoms with Gasteiger partial charge in [0.05, 0.1) is 7.11 Å². The van der Waals surface area contributed by atoms with E-state index in [0.29, 0.717) is 5.39 Å². The average Bonchev–Trinajstić information content (AvgIpc) is 2.63. The third-order valence-corrected chi connectivity index (χ3v) is 2.02. The lowest BCUT2D eigenvalue weighted by Gasteiger charge is -1.99.